The minimum absolute atomic E-state index is 0.201. The number of aromatic nitrogens is 3. The zero-order chi connectivity index (χ0) is 16.9. The van der Waals surface area contributed by atoms with Crippen LogP contribution in [0.2, 0.25) is 0 Å². The third-order valence-electron chi connectivity index (χ3n) is 3.21. The number of rotatable bonds is 5. The summed E-state index contributed by atoms with van der Waals surface area (Å²) in [5.41, 5.74) is 1.79. The van der Waals surface area contributed by atoms with Gasteiger partial charge in [-0.25, -0.2) is 14.5 Å². The first-order valence-corrected chi connectivity index (χ1v) is 7.90. The molecule has 122 valence electrons. The lowest BCUT2D eigenvalue weighted by molar-refractivity contribution is -0.115. The molecule has 8 heteroatoms. The normalized spacial score (nSPS) is 10.4. The number of benzene rings is 1. The van der Waals surface area contributed by atoms with E-state index in [9.17, 15) is 9.59 Å². The molecule has 0 fully saturated rings. The fraction of sp³-hybridized carbons (Fsp3) is 0.125. The molecule has 1 N–H and O–H groups in total. The van der Waals surface area contributed by atoms with Crippen LogP contribution in [-0.2, 0) is 16.0 Å². The van der Waals surface area contributed by atoms with Crippen LogP contribution in [0.15, 0.2) is 48.9 Å². The van der Waals surface area contributed by atoms with E-state index >= 15 is 0 Å². The Labute approximate surface area is 141 Å². The smallest absolute Gasteiger partial charge is 0.349 e. The third-order valence-corrected chi connectivity index (χ3v) is 4.10. The van der Waals surface area contributed by atoms with Crippen molar-refractivity contribution >= 4 is 28.3 Å². The molecule has 0 radical (unpaired) electrons. The van der Waals surface area contributed by atoms with Crippen molar-refractivity contribution in [2.75, 3.05) is 12.4 Å². The number of nitrogens with zero attached hydrogens (tertiary/aromatic N) is 3. The van der Waals surface area contributed by atoms with Gasteiger partial charge in [0.2, 0.25) is 5.91 Å². The Bertz CT molecular complexity index is 841. The molecule has 1 amide bonds. The van der Waals surface area contributed by atoms with Gasteiger partial charge in [0.05, 0.1) is 25.4 Å². The molecule has 0 spiro atoms. The van der Waals surface area contributed by atoms with Gasteiger partial charge in [-0.1, -0.05) is 23.5 Å². The van der Waals surface area contributed by atoms with Gasteiger partial charge in [-0.2, -0.15) is 5.10 Å². The lowest BCUT2D eigenvalue weighted by Crippen LogP contribution is -2.14. The van der Waals surface area contributed by atoms with Crippen LogP contribution in [0.1, 0.15) is 15.2 Å². The second kappa shape index (κ2) is 7.05. The van der Waals surface area contributed by atoms with E-state index in [4.69, 9.17) is 0 Å². The summed E-state index contributed by atoms with van der Waals surface area (Å²) in [6.45, 7) is 0. The van der Waals surface area contributed by atoms with Gasteiger partial charge in [-0.3, -0.25) is 4.79 Å². The second-order valence-corrected chi connectivity index (χ2v) is 5.89. The second-order valence-electron chi connectivity index (χ2n) is 4.86. The molecule has 2 heterocycles. The Morgan fingerprint density at radius 1 is 1.29 bits per heavy atom. The van der Waals surface area contributed by atoms with Gasteiger partial charge in [0.25, 0.3) is 0 Å². The van der Waals surface area contributed by atoms with Gasteiger partial charge in [-0.15, -0.1) is 0 Å². The summed E-state index contributed by atoms with van der Waals surface area (Å²) in [5.74, 6) is -0.671. The number of thiazole rings is 1. The molecule has 7 nitrogen and oxygen atoms in total. The molecule has 0 saturated heterocycles. The molecule has 0 aliphatic heterocycles. The number of hydrogen-bond acceptors (Lipinski definition) is 6. The van der Waals surface area contributed by atoms with E-state index in [0.717, 1.165) is 22.6 Å². The van der Waals surface area contributed by atoms with Crippen molar-refractivity contribution in [1.82, 2.24) is 14.8 Å². The highest BCUT2D eigenvalue weighted by Crippen LogP contribution is 2.19. The van der Waals surface area contributed by atoms with E-state index < -0.39 is 5.97 Å². The molecule has 0 aliphatic carbocycles. The Balaban J connectivity index is 1.60. The maximum Gasteiger partial charge on any atom is 0.349 e. The first-order valence-electron chi connectivity index (χ1n) is 7.08. The van der Waals surface area contributed by atoms with E-state index in [0.29, 0.717) is 10.0 Å². The van der Waals surface area contributed by atoms with Crippen LogP contribution in [0, 0.1) is 0 Å². The number of esters is 1. The van der Waals surface area contributed by atoms with Gasteiger partial charge in [0.15, 0.2) is 5.13 Å². The number of carbonyl (C=O) groups excluding carboxylic acids is 2. The van der Waals surface area contributed by atoms with Crippen LogP contribution in [0.4, 0.5) is 5.13 Å². The predicted molar refractivity (Wildman–Crippen MR) is 89.4 cm³/mol. The van der Waals surface area contributed by atoms with Crippen LogP contribution in [-0.4, -0.2) is 33.8 Å². The molecule has 0 unspecified atom stereocenters. The lowest BCUT2D eigenvalue weighted by atomic mass is 10.1. The minimum atomic E-state index is -0.470. The van der Waals surface area contributed by atoms with Crippen molar-refractivity contribution in [2.45, 2.75) is 6.42 Å². The number of methoxy groups -OCH3 is 1. The van der Waals surface area contributed by atoms with Crippen molar-refractivity contribution in [3.8, 4) is 5.69 Å². The van der Waals surface area contributed by atoms with E-state index in [1.807, 2.05) is 36.5 Å². The monoisotopic (exact) mass is 342 g/mol. The van der Waals surface area contributed by atoms with Gasteiger partial charge in [0, 0.05) is 12.4 Å². The summed E-state index contributed by atoms with van der Waals surface area (Å²) in [6, 6.07) is 9.39. The molecular formula is C16H14N4O3S. The number of amides is 1. The maximum atomic E-state index is 12.1. The molecule has 24 heavy (non-hydrogen) atoms. The van der Waals surface area contributed by atoms with E-state index in [-0.39, 0.29) is 12.3 Å². The van der Waals surface area contributed by atoms with Gasteiger partial charge < -0.3 is 10.1 Å². The first-order chi connectivity index (χ1) is 11.7. The topological polar surface area (TPSA) is 86.1 Å². The largest absolute Gasteiger partial charge is 0.465 e. The van der Waals surface area contributed by atoms with Crippen LogP contribution < -0.4 is 5.32 Å². The summed E-state index contributed by atoms with van der Waals surface area (Å²) in [5, 5.41) is 7.19. The quantitative estimate of drug-likeness (QED) is 0.719. The Hall–Kier alpha value is -3.00. The molecule has 0 atom stereocenters. The summed E-state index contributed by atoms with van der Waals surface area (Å²) in [6.07, 6.45) is 5.15. The van der Waals surface area contributed by atoms with E-state index in [1.54, 1.807) is 10.9 Å². The van der Waals surface area contributed by atoms with Crippen molar-refractivity contribution in [3.63, 3.8) is 0 Å². The van der Waals surface area contributed by atoms with Gasteiger partial charge in [0.1, 0.15) is 4.88 Å². The predicted octanol–water partition coefficient (Wildman–Crippen LogP) is 2.30. The SMILES string of the molecule is COC(=O)c1cnc(NC(=O)Cc2ccc(-n3cccn3)cc2)s1. The molecule has 0 saturated carbocycles. The van der Waals surface area contributed by atoms with Crippen molar-refractivity contribution in [3.05, 3.63) is 59.4 Å². The molecule has 0 bridgehead atoms. The number of nitrogens with one attached hydrogen (secondary N) is 1. The summed E-state index contributed by atoms with van der Waals surface area (Å²) < 4.78 is 6.35. The Morgan fingerprint density at radius 2 is 2.08 bits per heavy atom. The van der Waals surface area contributed by atoms with Crippen LogP contribution in [0.3, 0.4) is 0 Å². The maximum absolute atomic E-state index is 12.1. The van der Waals surface area contributed by atoms with Crippen molar-refractivity contribution < 1.29 is 14.3 Å². The highest BCUT2D eigenvalue weighted by Gasteiger charge is 2.12. The standard InChI is InChI=1S/C16H14N4O3S/c1-23-15(22)13-10-17-16(24-13)19-14(21)9-11-3-5-12(6-4-11)20-8-2-7-18-20/h2-8,10H,9H2,1H3,(H,17,19,21). The third kappa shape index (κ3) is 3.66. The highest BCUT2D eigenvalue weighted by atomic mass is 32.1. The van der Waals surface area contributed by atoms with Crippen LogP contribution >= 0.6 is 11.3 Å². The van der Waals surface area contributed by atoms with Crippen LogP contribution in [0.25, 0.3) is 5.69 Å². The van der Waals surface area contributed by atoms with Gasteiger partial charge >= 0.3 is 5.97 Å². The molecule has 1 aromatic carbocycles. The molecular weight excluding hydrogens is 328 g/mol. The first kappa shape index (κ1) is 15.9. The zero-order valence-corrected chi connectivity index (χ0v) is 13.6. The Kier molecular flexibility index (Phi) is 4.66. The fourth-order valence-corrected chi connectivity index (χ4v) is 2.81. The summed E-state index contributed by atoms with van der Waals surface area (Å²) in [7, 11) is 1.30. The van der Waals surface area contributed by atoms with E-state index in [2.05, 4.69) is 20.1 Å². The fourth-order valence-electron chi connectivity index (χ4n) is 2.06. The van der Waals surface area contributed by atoms with Crippen molar-refractivity contribution in [2.24, 2.45) is 0 Å². The van der Waals surface area contributed by atoms with Gasteiger partial charge in [-0.05, 0) is 23.8 Å². The molecule has 2 aromatic heterocycles. The average molecular weight is 342 g/mol. The molecule has 3 aromatic rings. The van der Waals surface area contributed by atoms with E-state index in [1.165, 1.54) is 13.3 Å². The number of ether oxygens (including phenoxy) is 1. The summed E-state index contributed by atoms with van der Waals surface area (Å²) in [4.78, 5) is 27.8. The molecule has 0 aliphatic rings. The number of hydrogen-bond donors (Lipinski definition) is 1. The van der Waals surface area contributed by atoms with Crippen molar-refractivity contribution in [1.29, 1.82) is 0 Å². The number of carbonyl (C=O) groups is 2. The van der Waals surface area contributed by atoms with Crippen LogP contribution in [0.5, 0.6) is 0 Å². The molecule has 3 rings (SSSR count). The summed E-state index contributed by atoms with van der Waals surface area (Å²) >= 11 is 1.08. The highest BCUT2D eigenvalue weighted by molar-refractivity contribution is 7.17. The average Bonchev–Trinajstić information content (AvgIpc) is 3.26. The zero-order valence-electron chi connectivity index (χ0n) is 12.8. The lowest BCUT2D eigenvalue weighted by Gasteiger charge is -2.04. The minimum Gasteiger partial charge on any atom is -0.465 e. The Morgan fingerprint density at radius 3 is 2.75 bits per heavy atom. The number of anilines is 1.